The van der Waals surface area contributed by atoms with E-state index in [1.165, 1.54) is 12.2 Å². The Hall–Kier alpha value is 0.420. The van der Waals surface area contributed by atoms with E-state index in [-0.39, 0.29) is 0 Å². The van der Waals surface area contributed by atoms with Crippen LogP contribution in [0.5, 0.6) is 0 Å². The lowest BCUT2D eigenvalue weighted by Gasteiger charge is -2.09. The first-order valence-corrected chi connectivity index (χ1v) is 7.58. The summed E-state index contributed by atoms with van der Waals surface area (Å²) in [5.74, 6) is 1.22. The SMILES string of the molecule is CSCCCNC(C)c1ncc(Br)s1. The molecule has 80 valence electrons. The van der Waals surface area contributed by atoms with Crippen LogP contribution in [0.2, 0.25) is 0 Å². The van der Waals surface area contributed by atoms with Gasteiger partial charge in [-0.1, -0.05) is 0 Å². The largest absolute Gasteiger partial charge is 0.308 e. The van der Waals surface area contributed by atoms with E-state index >= 15 is 0 Å². The summed E-state index contributed by atoms with van der Waals surface area (Å²) in [6.45, 7) is 3.23. The van der Waals surface area contributed by atoms with Crippen LogP contribution in [0.1, 0.15) is 24.4 Å². The third-order valence-electron chi connectivity index (χ3n) is 1.84. The van der Waals surface area contributed by atoms with E-state index in [9.17, 15) is 0 Å². The molecular weight excluding hydrogens is 280 g/mol. The van der Waals surface area contributed by atoms with E-state index in [0.29, 0.717) is 6.04 Å². The van der Waals surface area contributed by atoms with Gasteiger partial charge in [-0.15, -0.1) is 11.3 Å². The van der Waals surface area contributed by atoms with E-state index in [1.807, 2.05) is 18.0 Å². The van der Waals surface area contributed by atoms with Crippen LogP contribution < -0.4 is 5.32 Å². The molecule has 0 radical (unpaired) electrons. The molecular formula is C9H15BrN2S2. The van der Waals surface area contributed by atoms with Crippen molar-refractivity contribution in [2.45, 2.75) is 19.4 Å². The van der Waals surface area contributed by atoms with E-state index in [2.05, 4.69) is 39.4 Å². The number of thioether (sulfide) groups is 1. The van der Waals surface area contributed by atoms with Gasteiger partial charge in [0, 0.05) is 0 Å². The average molecular weight is 295 g/mol. The number of hydrogen-bond donors (Lipinski definition) is 1. The Kier molecular flexibility index (Phi) is 6.09. The number of nitrogens with one attached hydrogen (secondary N) is 1. The summed E-state index contributed by atoms with van der Waals surface area (Å²) in [6, 6.07) is 0.369. The molecule has 1 unspecified atom stereocenters. The van der Waals surface area contributed by atoms with Crippen LogP contribution in [0, 0.1) is 0 Å². The molecule has 14 heavy (non-hydrogen) atoms. The predicted octanol–water partition coefficient (Wildman–Crippen LogP) is 3.31. The second kappa shape index (κ2) is 6.82. The standard InChI is InChI=1S/C9H15BrN2S2/c1-7(11-4-3-5-13-2)9-12-6-8(10)14-9/h6-7,11H,3-5H2,1-2H3. The van der Waals surface area contributed by atoms with Gasteiger partial charge in [-0.2, -0.15) is 11.8 Å². The summed E-state index contributed by atoms with van der Waals surface area (Å²) >= 11 is 7.01. The van der Waals surface area contributed by atoms with Gasteiger partial charge < -0.3 is 5.32 Å². The van der Waals surface area contributed by atoms with Crippen LogP contribution >= 0.6 is 39.0 Å². The predicted molar refractivity (Wildman–Crippen MR) is 69.2 cm³/mol. The Morgan fingerprint density at radius 1 is 1.71 bits per heavy atom. The molecule has 1 atom stereocenters. The lowest BCUT2D eigenvalue weighted by atomic mass is 10.3. The highest BCUT2D eigenvalue weighted by Crippen LogP contribution is 2.23. The maximum Gasteiger partial charge on any atom is 0.110 e. The third kappa shape index (κ3) is 4.29. The van der Waals surface area contributed by atoms with E-state index in [1.54, 1.807) is 11.3 Å². The third-order valence-corrected chi connectivity index (χ3v) is 4.20. The molecule has 1 N–H and O–H groups in total. The van der Waals surface area contributed by atoms with Crippen LogP contribution in [0.25, 0.3) is 0 Å². The molecule has 0 fully saturated rings. The Bertz CT molecular complexity index is 265. The molecule has 1 rings (SSSR count). The summed E-state index contributed by atoms with van der Waals surface area (Å²) in [5.41, 5.74) is 0. The van der Waals surface area contributed by atoms with Crippen molar-refractivity contribution in [1.29, 1.82) is 0 Å². The van der Waals surface area contributed by atoms with Gasteiger partial charge in [0.05, 0.1) is 16.0 Å². The van der Waals surface area contributed by atoms with E-state index < -0.39 is 0 Å². The Morgan fingerprint density at radius 3 is 3.07 bits per heavy atom. The summed E-state index contributed by atoms with van der Waals surface area (Å²) in [5, 5.41) is 4.61. The molecule has 0 spiro atoms. The molecule has 0 aromatic carbocycles. The molecule has 0 bridgehead atoms. The quantitative estimate of drug-likeness (QED) is 0.815. The fourth-order valence-electron chi connectivity index (χ4n) is 1.09. The minimum Gasteiger partial charge on any atom is -0.308 e. The van der Waals surface area contributed by atoms with Crippen LogP contribution in [0.4, 0.5) is 0 Å². The van der Waals surface area contributed by atoms with Gasteiger partial charge in [-0.25, -0.2) is 4.98 Å². The molecule has 0 saturated heterocycles. The van der Waals surface area contributed by atoms with Crippen LogP contribution in [0.3, 0.4) is 0 Å². The fraction of sp³-hybridized carbons (Fsp3) is 0.667. The molecule has 1 aromatic heterocycles. The molecule has 5 heteroatoms. The number of nitrogens with zero attached hydrogens (tertiary/aromatic N) is 1. The lowest BCUT2D eigenvalue weighted by molar-refractivity contribution is 0.570. The van der Waals surface area contributed by atoms with Gasteiger partial charge in [-0.05, 0) is 47.8 Å². The monoisotopic (exact) mass is 294 g/mol. The topological polar surface area (TPSA) is 24.9 Å². The first-order chi connectivity index (χ1) is 6.74. The zero-order chi connectivity index (χ0) is 10.4. The van der Waals surface area contributed by atoms with E-state index in [0.717, 1.165) is 15.3 Å². The van der Waals surface area contributed by atoms with Gasteiger partial charge in [0.2, 0.25) is 0 Å². The fourth-order valence-corrected chi connectivity index (χ4v) is 2.79. The molecule has 0 aliphatic rings. The summed E-state index contributed by atoms with van der Waals surface area (Å²) in [7, 11) is 0. The van der Waals surface area contributed by atoms with Gasteiger partial charge >= 0.3 is 0 Å². The number of hydrogen-bond acceptors (Lipinski definition) is 4. The summed E-state index contributed by atoms with van der Waals surface area (Å²) in [4.78, 5) is 4.32. The smallest absolute Gasteiger partial charge is 0.110 e. The summed E-state index contributed by atoms with van der Waals surface area (Å²) < 4.78 is 1.10. The highest BCUT2D eigenvalue weighted by Gasteiger charge is 2.08. The minimum atomic E-state index is 0.369. The molecule has 0 saturated carbocycles. The average Bonchev–Trinajstić information content (AvgIpc) is 2.59. The van der Waals surface area contributed by atoms with Gasteiger partial charge in [-0.3, -0.25) is 0 Å². The molecule has 0 amide bonds. The van der Waals surface area contributed by atoms with Crippen molar-refractivity contribution in [3.05, 3.63) is 15.0 Å². The Balaban J connectivity index is 2.25. The van der Waals surface area contributed by atoms with Crippen LogP contribution in [-0.4, -0.2) is 23.5 Å². The first-order valence-electron chi connectivity index (χ1n) is 4.57. The zero-order valence-electron chi connectivity index (χ0n) is 8.42. The van der Waals surface area contributed by atoms with Crippen molar-refractivity contribution in [3.8, 4) is 0 Å². The van der Waals surface area contributed by atoms with Gasteiger partial charge in [0.1, 0.15) is 5.01 Å². The van der Waals surface area contributed by atoms with Crippen molar-refractivity contribution < 1.29 is 0 Å². The Morgan fingerprint density at radius 2 is 2.50 bits per heavy atom. The van der Waals surface area contributed by atoms with Crippen molar-refractivity contribution in [2.24, 2.45) is 0 Å². The van der Waals surface area contributed by atoms with Crippen molar-refractivity contribution in [3.63, 3.8) is 0 Å². The Labute approximate surface area is 102 Å². The van der Waals surface area contributed by atoms with Crippen LogP contribution in [0.15, 0.2) is 9.98 Å². The minimum absolute atomic E-state index is 0.369. The second-order valence-electron chi connectivity index (χ2n) is 3.02. The lowest BCUT2D eigenvalue weighted by Crippen LogP contribution is -2.20. The first kappa shape index (κ1) is 12.5. The van der Waals surface area contributed by atoms with Gasteiger partial charge in [0.15, 0.2) is 0 Å². The maximum atomic E-state index is 4.32. The molecule has 0 aliphatic carbocycles. The normalized spacial score (nSPS) is 13.1. The second-order valence-corrected chi connectivity index (χ2v) is 6.45. The number of thiazole rings is 1. The molecule has 0 aliphatic heterocycles. The summed E-state index contributed by atoms with van der Waals surface area (Å²) in [6.07, 6.45) is 5.22. The molecule has 2 nitrogen and oxygen atoms in total. The van der Waals surface area contributed by atoms with Crippen molar-refractivity contribution >= 4 is 39.0 Å². The van der Waals surface area contributed by atoms with Crippen molar-refractivity contribution in [1.82, 2.24) is 10.3 Å². The number of halogens is 1. The number of rotatable bonds is 6. The van der Waals surface area contributed by atoms with E-state index in [4.69, 9.17) is 0 Å². The highest BCUT2D eigenvalue weighted by atomic mass is 79.9. The maximum absolute atomic E-state index is 4.32. The highest BCUT2D eigenvalue weighted by molar-refractivity contribution is 9.11. The van der Waals surface area contributed by atoms with Gasteiger partial charge in [0.25, 0.3) is 0 Å². The van der Waals surface area contributed by atoms with Crippen molar-refractivity contribution in [2.75, 3.05) is 18.6 Å². The molecule has 1 aromatic rings. The zero-order valence-corrected chi connectivity index (χ0v) is 11.6. The van der Waals surface area contributed by atoms with Crippen LogP contribution in [-0.2, 0) is 0 Å². The molecule has 1 heterocycles. The number of aromatic nitrogens is 1.